The molecule has 3 amide bonds. The predicted molar refractivity (Wildman–Crippen MR) is 106 cm³/mol. The highest BCUT2D eigenvalue weighted by Gasteiger charge is 2.38. The minimum atomic E-state index is -0.396. The minimum absolute atomic E-state index is 0.168. The van der Waals surface area contributed by atoms with Gasteiger partial charge in [0, 0.05) is 25.4 Å². The number of amides is 3. The molecule has 0 fully saturated rings. The number of hydrogen-bond acceptors (Lipinski definition) is 5. The first-order chi connectivity index (χ1) is 13.5. The number of benzene rings is 2. The number of carbonyl (C=O) groups is 3. The van der Waals surface area contributed by atoms with Crippen LogP contribution in [0.15, 0.2) is 60.3 Å². The van der Waals surface area contributed by atoms with E-state index in [1.54, 1.807) is 24.3 Å². The van der Waals surface area contributed by atoms with Crippen LogP contribution in [0.4, 0.5) is 11.4 Å². The quantitative estimate of drug-likeness (QED) is 0.722. The molecule has 0 aliphatic carbocycles. The number of anilines is 2. The Balaban J connectivity index is 1.98. The Morgan fingerprint density at radius 3 is 2.25 bits per heavy atom. The molecule has 0 atom stereocenters. The van der Waals surface area contributed by atoms with Gasteiger partial charge in [-0.15, -0.1) is 0 Å². The van der Waals surface area contributed by atoms with Crippen LogP contribution in [0.5, 0.6) is 0 Å². The van der Waals surface area contributed by atoms with E-state index in [1.165, 1.54) is 18.9 Å². The van der Waals surface area contributed by atoms with Crippen molar-refractivity contribution in [3.63, 3.8) is 0 Å². The van der Waals surface area contributed by atoms with E-state index in [4.69, 9.17) is 4.74 Å². The lowest BCUT2D eigenvalue weighted by Gasteiger charge is -2.14. The Bertz CT molecular complexity index is 920. The second-order valence-corrected chi connectivity index (χ2v) is 6.25. The molecule has 0 saturated carbocycles. The molecule has 1 aliphatic rings. The first-order valence-corrected chi connectivity index (χ1v) is 8.80. The number of ether oxygens (including phenoxy) is 1. The SMILES string of the molecule is COCCN1C(=O)C(Nc2ccccc2)=C(c2ccc(NC(C)=O)cc2)C1=O. The zero-order valence-corrected chi connectivity index (χ0v) is 15.7. The highest BCUT2D eigenvalue weighted by atomic mass is 16.5. The van der Waals surface area contributed by atoms with Crippen molar-refractivity contribution >= 4 is 34.7 Å². The molecule has 0 radical (unpaired) electrons. The van der Waals surface area contributed by atoms with Crippen molar-refractivity contribution in [2.75, 3.05) is 30.9 Å². The average molecular weight is 379 g/mol. The molecule has 3 rings (SSSR count). The maximum atomic E-state index is 13.0. The molecule has 2 aromatic rings. The van der Waals surface area contributed by atoms with Gasteiger partial charge >= 0.3 is 0 Å². The van der Waals surface area contributed by atoms with Gasteiger partial charge in [-0.25, -0.2) is 0 Å². The zero-order valence-electron chi connectivity index (χ0n) is 15.7. The third kappa shape index (κ3) is 4.10. The van der Waals surface area contributed by atoms with Crippen LogP contribution < -0.4 is 10.6 Å². The average Bonchev–Trinajstić information content (AvgIpc) is 2.91. The summed E-state index contributed by atoms with van der Waals surface area (Å²) in [4.78, 5) is 38.2. The van der Waals surface area contributed by atoms with Crippen molar-refractivity contribution in [1.29, 1.82) is 0 Å². The smallest absolute Gasteiger partial charge is 0.278 e. The molecule has 2 N–H and O–H groups in total. The predicted octanol–water partition coefficient (Wildman–Crippen LogP) is 2.48. The third-order valence-electron chi connectivity index (χ3n) is 4.22. The molecule has 0 unspecified atom stereocenters. The van der Waals surface area contributed by atoms with E-state index >= 15 is 0 Å². The number of rotatable bonds is 7. The van der Waals surface area contributed by atoms with Gasteiger partial charge in [-0.2, -0.15) is 0 Å². The Labute approximate surface area is 163 Å². The maximum Gasteiger partial charge on any atom is 0.278 e. The Morgan fingerprint density at radius 1 is 0.964 bits per heavy atom. The second-order valence-electron chi connectivity index (χ2n) is 6.25. The van der Waals surface area contributed by atoms with Crippen molar-refractivity contribution in [1.82, 2.24) is 4.90 Å². The van der Waals surface area contributed by atoms with Crippen LogP contribution in [0.3, 0.4) is 0 Å². The monoisotopic (exact) mass is 379 g/mol. The summed E-state index contributed by atoms with van der Waals surface area (Å²) < 4.78 is 5.02. The first kappa shape index (κ1) is 19.3. The lowest BCUT2D eigenvalue weighted by atomic mass is 10.0. The van der Waals surface area contributed by atoms with Crippen molar-refractivity contribution < 1.29 is 19.1 Å². The van der Waals surface area contributed by atoms with Gasteiger partial charge in [-0.1, -0.05) is 30.3 Å². The van der Waals surface area contributed by atoms with Gasteiger partial charge in [0.1, 0.15) is 5.70 Å². The summed E-state index contributed by atoms with van der Waals surface area (Å²) in [6.07, 6.45) is 0. The van der Waals surface area contributed by atoms with Crippen LogP contribution >= 0.6 is 0 Å². The summed E-state index contributed by atoms with van der Waals surface area (Å²) in [5.74, 6) is -0.962. The fourth-order valence-corrected chi connectivity index (χ4v) is 2.93. The summed E-state index contributed by atoms with van der Waals surface area (Å²) in [6.45, 7) is 1.84. The molecular formula is C21H21N3O4. The van der Waals surface area contributed by atoms with Crippen molar-refractivity contribution in [2.24, 2.45) is 0 Å². The Kier molecular flexibility index (Phi) is 5.86. The van der Waals surface area contributed by atoms with Gasteiger partial charge in [0.15, 0.2) is 0 Å². The van der Waals surface area contributed by atoms with Crippen molar-refractivity contribution in [3.05, 3.63) is 65.9 Å². The van der Waals surface area contributed by atoms with E-state index in [2.05, 4.69) is 10.6 Å². The van der Waals surface area contributed by atoms with Crippen LogP contribution in [-0.4, -0.2) is 42.9 Å². The molecule has 7 nitrogen and oxygen atoms in total. The summed E-state index contributed by atoms with van der Waals surface area (Å²) in [5, 5.41) is 5.76. The van der Waals surface area contributed by atoms with Crippen LogP contribution in [0, 0.1) is 0 Å². The lowest BCUT2D eigenvalue weighted by Crippen LogP contribution is -2.35. The molecule has 1 aliphatic heterocycles. The number of carbonyl (C=O) groups excluding carboxylic acids is 3. The molecule has 28 heavy (non-hydrogen) atoms. The molecule has 2 aromatic carbocycles. The van der Waals surface area contributed by atoms with Gasteiger partial charge in [0.25, 0.3) is 11.8 Å². The summed E-state index contributed by atoms with van der Waals surface area (Å²) in [6, 6.07) is 16.0. The normalized spacial score (nSPS) is 13.9. The number of imide groups is 1. The topological polar surface area (TPSA) is 87.7 Å². The fraction of sp³-hybridized carbons (Fsp3) is 0.190. The highest BCUT2D eigenvalue weighted by molar-refractivity contribution is 6.36. The van der Waals surface area contributed by atoms with E-state index in [-0.39, 0.29) is 30.7 Å². The van der Waals surface area contributed by atoms with Crippen LogP contribution in [-0.2, 0) is 19.1 Å². The van der Waals surface area contributed by atoms with E-state index in [9.17, 15) is 14.4 Å². The van der Waals surface area contributed by atoms with Crippen molar-refractivity contribution in [3.8, 4) is 0 Å². The number of hydrogen-bond donors (Lipinski definition) is 2. The van der Waals surface area contributed by atoms with Gasteiger partial charge in [-0.3, -0.25) is 19.3 Å². The maximum absolute atomic E-state index is 13.0. The molecule has 0 aromatic heterocycles. The minimum Gasteiger partial charge on any atom is -0.383 e. The summed E-state index contributed by atoms with van der Waals surface area (Å²) >= 11 is 0. The number of methoxy groups -OCH3 is 1. The van der Waals surface area contributed by atoms with Crippen molar-refractivity contribution in [2.45, 2.75) is 6.92 Å². The molecule has 1 heterocycles. The first-order valence-electron chi connectivity index (χ1n) is 8.80. The number of nitrogens with one attached hydrogen (secondary N) is 2. The molecule has 7 heteroatoms. The van der Waals surface area contributed by atoms with Gasteiger partial charge < -0.3 is 15.4 Å². The highest BCUT2D eigenvalue weighted by Crippen LogP contribution is 2.31. The number of para-hydroxylation sites is 1. The van der Waals surface area contributed by atoms with Gasteiger partial charge in [0.05, 0.1) is 18.7 Å². The van der Waals surface area contributed by atoms with Gasteiger partial charge in [-0.05, 0) is 29.8 Å². The Morgan fingerprint density at radius 2 is 1.64 bits per heavy atom. The standard InChI is InChI=1S/C21H21N3O4/c1-14(25)22-17-10-8-15(9-11-17)18-19(23-16-6-4-3-5-7-16)21(27)24(20(18)26)12-13-28-2/h3-11,23H,12-13H2,1-2H3,(H,22,25). The van der Waals surface area contributed by atoms with E-state index in [0.29, 0.717) is 22.5 Å². The summed E-state index contributed by atoms with van der Waals surface area (Å²) in [7, 11) is 1.52. The number of nitrogens with zero attached hydrogens (tertiary/aromatic N) is 1. The third-order valence-corrected chi connectivity index (χ3v) is 4.22. The molecule has 0 bridgehead atoms. The van der Waals surface area contributed by atoms with Crippen LogP contribution in [0.2, 0.25) is 0 Å². The zero-order chi connectivity index (χ0) is 20.1. The molecule has 0 saturated heterocycles. The van der Waals surface area contributed by atoms with E-state index in [1.807, 2.05) is 30.3 Å². The lowest BCUT2D eigenvalue weighted by molar-refractivity contribution is -0.137. The Hall–Kier alpha value is -3.45. The van der Waals surface area contributed by atoms with Crippen LogP contribution in [0.25, 0.3) is 5.57 Å². The molecule has 144 valence electrons. The van der Waals surface area contributed by atoms with E-state index in [0.717, 1.165) is 0 Å². The molecular weight excluding hydrogens is 358 g/mol. The second kappa shape index (κ2) is 8.49. The summed E-state index contributed by atoms with van der Waals surface area (Å²) in [5.41, 5.74) is 2.42. The molecule has 0 spiro atoms. The van der Waals surface area contributed by atoms with Crippen LogP contribution in [0.1, 0.15) is 12.5 Å². The van der Waals surface area contributed by atoms with E-state index < -0.39 is 5.91 Å². The fourth-order valence-electron chi connectivity index (χ4n) is 2.93. The van der Waals surface area contributed by atoms with Gasteiger partial charge in [0.2, 0.25) is 5.91 Å². The largest absolute Gasteiger partial charge is 0.383 e.